The lowest BCUT2D eigenvalue weighted by atomic mass is 10.2. The first-order chi connectivity index (χ1) is 6.72. The number of nitrogens with one attached hydrogen (secondary N) is 1. The maximum atomic E-state index is 10.9. The van der Waals surface area contributed by atoms with E-state index in [9.17, 15) is 4.79 Å². The molecule has 0 aromatic carbocycles. The summed E-state index contributed by atoms with van der Waals surface area (Å²) in [5, 5.41) is 0.643. The average Bonchev–Trinajstić information content (AvgIpc) is 2.15. The highest BCUT2D eigenvalue weighted by molar-refractivity contribution is 7.99. The minimum atomic E-state index is -0.119. The van der Waals surface area contributed by atoms with E-state index in [0.29, 0.717) is 5.16 Å². The molecule has 4 nitrogen and oxygen atoms in total. The first-order valence-electron chi connectivity index (χ1n) is 4.66. The third-order valence-electron chi connectivity index (χ3n) is 1.74. The number of nitrogens with zero attached hydrogens (tertiary/aromatic N) is 1. The van der Waals surface area contributed by atoms with Crippen molar-refractivity contribution in [1.29, 1.82) is 0 Å². The summed E-state index contributed by atoms with van der Waals surface area (Å²) in [6, 6.07) is 1.58. The van der Waals surface area contributed by atoms with Gasteiger partial charge in [0.25, 0.3) is 5.56 Å². The van der Waals surface area contributed by atoms with Gasteiger partial charge >= 0.3 is 0 Å². The first-order valence-corrected chi connectivity index (χ1v) is 5.64. The van der Waals surface area contributed by atoms with Crippen molar-refractivity contribution in [1.82, 2.24) is 9.97 Å². The largest absolute Gasteiger partial charge is 0.327 e. The van der Waals surface area contributed by atoms with E-state index in [1.54, 1.807) is 0 Å². The molecule has 0 amide bonds. The van der Waals surface area contributed by atoms with Gasteiger partial charge < -0.3 is 10.7 Å². The second kappa shape index (κ2) is 5.82. The van der Waals surface area contributed by atoms with E-state index in [2.05, 4.69) is 16.9 Å². The maximum absolute atomic E-state index is 10.9. The Balaban J connectivity index is 2.41. The number of nitrogens with two attached hydrogens (primary N) is 1. The van der Waals surface area contributed by atoms with Gasteiger partial charge in [-0.15, -0.1) is 0 Å². The highest BCUT2D eigenvalue weighted by Crippen LogP contribution is 2.12. The number of rotatable bonds is 5. The monoisotopic (exact) mass is 213 g/mol. The van der Waals surface area contributed by atoms with Crippen LogP contribution in [0.15, 0.2) is 22.2 Å². The molecule has 1 aromatic heterocycles. The highest BCUT2D eigenvalue weighted by Gasteiger charge is 2.03. The normalized spacial score (nSPS) is 12.7. The van der Waals surface area contributed by atoms with Crippen molar-refractivity contribution in [3.8, 4) is 0 Å². The molecule has 78 valence electrons. The predicted molar refractivity (Wildman–Crippen MR) is 58.5 cm³/mol. The molecule has 3 N–H and O–H groups in total. The molecule has 0 saturated carbocycles. The molecule has 0 spiro atoms. The molecule has 1 rings (SSSR count). The minimum absolute atomic E-state index is 0.119. The van der Waals surface area contributed by atoms with Gasteiger partial charge in [-0.25, -0.2) is 4.98 Å². The van der Waals surface area contributed by atoms with Crippen LogP contribution < -0.4 is 11.3 Å². The third-order valence-corrected chi connectivity index (χ3v) is 2.82. The standard InChI is InChI=1S/C9H15N3OS/c1-2-3-7(10)6-14-9-11-5-4-8(13)12-9/h4-5,7H,2-3,6,10H2,1H3,(H,11,12,13). The fourth-order valence-electron chi connectivity index (χ4n) is 1.07. The van der Waals surface area contributed by atoms with Gasteiger partial charge in [-0.2, -0.15) is 0 Å². The van der Waals surface area contributed by atoms with Crippen LogP contribution in [0, 0.1) is 0 Å². The van der Waals surface area contributed by atoms with Crippen LogP contribution >= 0.6 is 11.8 Å². The zero-order valence-electron chi connectivity index (χ0n) is 8.19. The minimum Gasteiger partial charge on any atom is -0.327 e. The van der Waals surface area contributed by atoms with E-state index in [-0.39, 0.29) is 11.6 Å². The zero-order valence-corrected chi connectivity index (χ0v) is 9.01. The summed E-state index contributed by atoms with van der Waals surface area (Å²) >= 11 is 1.49. The van der Waals surface area contributed by atoms with Crippen molar-refractivity contribution in [2.24, 2.45) is 5.73 Å². The summed E-state index contributed by atoms with van der Waals surface area (Å²) in [4.78, 5) is 17.6. The summed E-state index contributed by atoms with van der Waals surface area (Å²) in [6.07, 6.45) is 3.59. The van der Waals surface area contributed by atoms with Crippen LogP contribution in [0.25, 0.3) is 0 Å². The third kappa shape index (κ3) is 3.93. The summed E-state index contributed by atoms with van der Waals surface area (Å²) in [5.41, 5.74) is 5.71. The van der Waals surface area contributed by atoms with Crippen LogP contribution in [0.2, 0.25) is 0 Å². The molecular weight excluding hydrogens is 198 g/mol. The Hall–Kier alpha value is -0.810. The Morgan fingerprint density at radius 3 is 3.14 bits per heavy atom. The number of thioether (sulfide) groups is 1. The van der Waals surface area contributed by atoms with Crippen LogP contribution in [0.5, 0.6) is 0 Å². The van der Waals surface area contributed by atoms with Gasteiger partial charge in [-0.3, -0.25) is 4.79 Å². The quantitative estimate of drug-likeness (QED) is 0.565. The molecule has 0 aliphatic heterocycles. The molecule has 1 atom stereocenters. The smallest absolute Gasteiger partial charge is 0.251 e. The lowest BCUT2D eigenvalue weighted by Crippen LogP contribution is -2.22. The van der Waals surface area contributed by atoms with Gasteiger partial charge in [0, 0.05) is 24.1 Å². The number of aromatic nitrogens is 2. The van der Waals surface area contributed by atoms with Crippen molar-refractivity contribution in [3.05, 3.63) is 22.6 Å². The Morgan fingerprint density at radius 2 is 2.50 bits per heavy atom. The van der Waals surface area contributed by atoms with Crippen LogP contribution in [-0.4, -0.2) is 21.8 Å². The molecule has 0 fully saturated rings. The predicted octanol–water partition coefficient (Wildman–Crippen LogP) is 0.989. The molecule has 0 aliphatic rings. The van der Waals surface area contributed by atoms with Crippen LogP contribution in [0.3, 0.4) is 0 Å². The van der Waals surface area contributed by atoms with Gasteiger partial charge in [0.05, 0.1) is 0 Å². The lowest BCUT2D eigenvalue weighted by molar-refractivity contribution is 0.660. The highest BCUT2D eigenvalue weighted by atomic mass is 32.2. The summed E-state index contributed by atoms with van der Waals surface area (Å²) in [7, 11) is 0. The zero-order chi connectivity index (χ0) is 10.4. The molecule has 0 saturated heterocycles. The van der Waals surface area contributed by atoms with Crippen molar-refractivity contribution >= 4 is 11.8 Å². The van der Waals surface area contributed by atoms with Crippen LogP contribution in [0.1, 0.15) is 19.8 Å². The van der Waals surface area contributed by atoms with E-state index in [1.165, 1.54) is 24.0 Å². The molecule has 5 heteroatoms. The SMILES string of the molecule is CCCC(N)CSc1nccc(=O)[nH]1. The second-order valence-corrected chi connectivity index (χ2v) is 4.11. The molecule has 1 unspecified atom stereocenters. The fraction of sp³-hybridized carbons (Fsp3) is 0.556. The number of hydrogen-bond acceptors (Lipinski definition) is 4. The van der Waals surface area contributed by atoms with Gasteiger partial charge in [0.2, 0.25) is 0 Å². The second-order valence-electron chi connectivity index (χ2n) is 3.10. The molecular formula is C9H15N3OS. The summed E-state index contributed by atoms with van der Waals surface area (Å²) in [6.45, 7) is 2.10. The van der Waals surface area contributed by atoms with Gasteiger partial charge in [-0.1, -0.05) is 25.1 Å². The van der Waals surface area contributed by atoms with Gasteiger partial charge in [0.1, 0.15) is 0 Å². The van der Waals surface area contributed by atoms with E-state index in [0.717, 1.165) is 18.6 Å². The van der Waals surface area contributed by atoms with Gasteiger partial charge in [0.15, 0.2) is 5.16 Å². The molecule has 14 heavy (non-hydrogen) atoms. The summed E-state index contributed by atoms with van der Waals surface area (Å²) < 4.78 is 0. The fourth-order valence-corrected chi connectivity index (χ4v) is 1.91. The van der Waals surface area contributed by atoms with Crippen LogP contribution in [-0.2, 0) is 0 Å². The molecule has 0 aliphatic carbocycles. The van der Waals surface area contributed by atoms with Crippen molar-refractivity contribution in [2.75, 3.05) is 5.75 Å². The van der Waals surface area contributed by atoms with Crippen LogP contribution in [0.4, 0.5) is 0 Å². The van der Waals surface area contributed by atoms with E-state index in [1.807, 2.05) is 0 Å². The Morgan fingerprint density at radius 1 is 1.71 bits per heavy atom. The lowest BCUT2D eigenvalue weighted by Gasteiger charge is -2.08. The summed E-state index contributed by atoms with van der Waals surface area (Å²) in [5.74, 6) is 0.792. The molecule has 0 bridgehead atoms. The Labute approximate surface area is 87.3 Å². The first kappa shape index (κ1) is 11.3. The number of H-pyrrole nitrogens is 1. The van der Waals surface area contributed by atoms with Crippen molar-refractivity contribution in [2.45, 2.75) is 31.0 Å². The van der Waals surface area contributed by atoms with Gasteiger partial charge in [-0.05, 0) is 6.42 Å². The van der Waals surface area contributed by atoms with E-state index < -0.39 is 0 Å². The molecule has 0 radical (unpaired) electrons. The van der Waals surface area contributed by atoms with Crippen molar-refractivity contribution < 1.29 is 0 Å². The molecule has 1 heterocycles. The molecule has 1 aromatic rings. The van der Waals surface area contributed by atoms with Crippen molar-refractivity contribution in [3.63, 3.8) is 0 Å². The average molecular weight is 213 g/mol. The van der Waals surface area contributed by atoms with E-state index >= 15 is 0 Å². The Kier molecular flexibility index (Phi) is 4.69. The topological polar surface area (TPSA) is 71.8 Å². The Bertz CT molecular complexity index is 326. The number of aromatic amines is 1. The number of hydrogen-bond donors (Lipinski definition) is 2. The van der Waals surface area contributed by atoms with E-state index in [4.69, 9.17) is 5.73 Å². The maximum Gasteiger partial charge on any atom is 0.251 e.